The minimum absolute atomic E-state index is 0.833. The minimum Gasteiger partial charge on any atom is -0.292 e. The molecule has 4 heteroatoms. The van der Waals surface area contributed by atoms with Crippen molar-refractivity contribution in [3.63, 3.8) is 0 Å². The maximum Gasteiger partial charge on any atom is 0.0544 e. The lowest BCUT2D eigenvalue weighted by atomic mass is 10.2. The molecule has 0 fully saturated rings. The van der Waals surface area contributed by atoms with Gasteiger partial charge in [0.2, 0.25) is 0 Å². The van der Waals surface area contributed by atoms with Crippen molar-refractivity contribution < 1.29 is 0 Å². The molecular formula is C20H22N4. The van der Waals surface area contributed by atoms with E-state index in [0.29, 0.717) is 0 Å². The van der Waals surface area contributed by atoms with Crippen molar-refractivity contribution in [1.29, 1.82) is 0 Å². The molecule has 0 aromatic carbocycles. The fourth-order valence-corrected chi connectivity index (χ4v) is 2.69. The second-order valence-electron chi connectivity index (χ2n) is 5.78. The van der Waals surface area contributed by atoms with Crippen molar-refractivity contribution in [3.8, 4) is 0 Å². The van der Waals surface area contributed by atoms with Crippen molar-refractivity contribution in [2.75, 3.05) is 6.54 Å². The van der Waals surface area contributed by atoms with Crippen molar-refractivity contribution in [2.45, 2.75) is 25.9 Å². The molecule has 0 saturated heterocycles. The van der Waals surface area contributed by atoms with Crippen LogP contribution in [-0.2, 0) is 19.5 Å². The van der Waals surface area contributed by atoms with Gasteiger partial charge in [-0.25, -0.2) is 0 Å². The fraction of sp³-hybridized carbons (Fsp3) is 0.250. The van der Waals surface area contributed by atoms with Crippen LogP contribution in [0.15, 0.2) is 73.2 Å². The summed E-state index contributed by atoms with van der Waals surface area (Å²) in [4.78, 5) is 15.7. The van der Waals surface area contributed by atoms with Gasteiger partial charge in [-0.15, -0.1) is 0 Å². The van der Waals surface area contributed by atoms with Crippen molar-refractivity contribution in [1.82, 2.24) is 19.9 Å². The first-order chi connectivity index (χ1) is 11.9. The predicted molar refractivity (Wildman–Crippen MR) is 95.1 cm³/mol. The van der Waals surface area contributed by atoms with Crippen molar-refractivity contribution in [2.24, 2.45) is 0 Å². The number of aryl methyl sites for hydroxylation is 1. The van der Waals surface area contributed by atoms with Gasteiger partial charge in [0.25, 0.3) is 0 Å². The van der Waals surface area contributed by atoms with Crippen LogP contribution in [0.1, 0.15) is 23.5 Å². The van der Waals surface area contributed by atoms with E-state index in [2.05, 4.69) is 38.1 Å². The lowest BCUT2D eigenvalue weighted by Gasteiger charge is -2.21. The number of aromatic nitrogens is 3. The van der Waals surface area contributed by atoms with E-state index in [0.717, 1.165) is 49.6 Å². The van der Waals surface area contributed by atoms with E-state index in [1.54, 1.807) is 0 Å². The third-order valence-electron chi connectivity index (χ3n) is 3.86. The van der Waals surface area contributed by atoms with Crippen LogP contribution in [0, 0.1) is 0 Å². The second kappa shape index (κ2) is 8.89. The molecule has 0 saturated carbocycles. The molecule has 3 aromatic rings. The van der Waals surface area contributed by atoms with Gasteiger partial charge in [0.05, 0.1) is 11.4 Å². The summed E-state index contributed by atoms with van der Waals surface area (Å²) >= 11 is 0. The minimum atomic E-state index is 0.833. The van der Waals surface area contributed by atoms with Gasteiger partial charge in [-0.3, -0.25) is 19.9 Å². The van der Waals surface area contributed by atoms with Gasteiger partial charge < -0.3 is 0 Å². The summed E-state index contributed by atoms with van der Waals surface area (Å²) in [6.45, 7) is 2.66. The molecular weight excluding hydrogens is 296 g/mol. The van der Waals surface area contributed by atoms with E-state index in [1.165, 1.54) is 0 Å². The maximum atomic E-state index is 4.45. The van der Waals surface area contributed by atoms with E-state index in [1.807, 2.05) is 55.0 Å². The Kier molecular flexibility index (Phi) is 6.03. The van der Waals surface area contributed by atoms with Gasteiger partial charge in [-0.2, -0.15) is 0 Å². The number of nitrogens with zero attached hydrogens (tertiary/aromatic N) is 4. The van der Waals surface area contributed by atoms with Gasteiger partial charge in [-0.1, -0.05) is 18.2 Å². The average molecular weight is 318 g/mol. The van der Waals surface area contributed by atoms with Gasteiger partial charge in [0, 0.05) is 37.4 Å². The Morgan fingerprint density at radius 3 is 1.58 bits per heavy atom. The summed E-state index contributed by atoms with van der Waals surface area (Å²) in [5.74, 6) is 0. The predicted octanol–water partition coefficient (Wildman–Crippen LogP) is 3.51. The molecule has 0 spiro atoms. The lowest BCUT2D eigenvalue weighted by Crippen LogP contribution is -2.25. The number of hydrogen-bond acceptors (Lipinski definition) is 4. The number of hydrogen-bond donors (Lipinski definition) is 0. The number of rotatable bonds is 8. The lowest BCUT2D eigenvalue weighted by molar-refractivity contribution is 0.247. The van der Waals surface area contributed by atoms with Gasteiger partial charge >= 0.3 is 0 Å². The standard InChI is InChI=1S/C20H22N4/c1-4-12-21-18(8-1)11-7-15-24(16-19-9-2-5-13-22-19)17-20-10-3-6-14-23-20/h1-6,8-10,12-14H,7,11,15-17H2. The molecule has 0 N–H and O–H groups in total. The van der Waals surface area contributed by atoms with Crippen LogP contribution in [-0.4, -0.2) is 26.4 Å². The third kappa shape index (κ3) is 5.25. The summed E-state index contributed by atoms with van der Waals surface area (Å²) in [6.07, 6.45) is 7.61. The Morgan fingerprint density at radius 1 is 0.625 bits per heavy atom. The molecule has 4 nitrogen and oxygen atoms in total. The smallest absolute Gasteiger partial charge is 0.0544 e. The topological polar surface area (TPSA) is 41.9 Å². The molecule has 122 valence electrons. The second-order valence-corrected chi connectivity index (χ2v) is 5.78. The zero-order valence-electron chi connectivity index (χ0n) is 13.8. The molecule has 3 aromatic heterocycles. The summed E-state index contributed by atoms with van der Waals surface area (Å²) in [5.41, 5.74) is 3.32. The molecule has 0 aliphatic rings. The zero-order chi connectivity index (χ0) is 16.5. The SMILES string of the molecule is c1ccc(CCCN(Cc2ccccn2)Cc2ccccn2)nc1. The summed E-state index contributed by atoms with van der Waals surface area (Å²) in [6, 6.07) is 18.2. The maximum absolute atomic E-state index is 4.45. The fourth-order valence-electron chi connectivity index (χ4n) is 2.69. The third-order valence-corrected chi connectivity index (χ3v) is 3.86. The Bertz CT molecular complexity index is 660. The molecule has 24 heavy (non-hydrogen) atoms. The van der Waals surface area contributed by atoms with Crippen molar-refractivity contribution >= 4 is 0 Å². The van der Waals surface area contributed by atoms with Crippen LogP contribution in [0.2, 0.25) is 0 Å². The van der Waals surface area contributed by atoms with Crippen LogP contribution in [0.25, 0.3) is 0 Å². The molecule has 0 radical (unpaired) electrons. The Morgan fingerprint density at radius 2 is 1.12 bits per heavy atom. The van der Waals surface area contributed by atoms with Crippen LogP contribution < -0.4 is 0 Å². The van der Waals surface area contributed by atoms with Crippen molar-refractivity contribution in [3.05, 3.63) is 90.3 Å². The number of pyridine rings is 3. The highest BCUT2D eigenvalue weighted by molar-refractivity contribution is 5.07. The van der Waals surface area contributed by atoms with Crippen LogP contribution >= 0.6 is 0 Å². The molecule has 3 rings (SSSR count). The van der Waals surface area contributed by atoms with E-state index >= 15 is 0 Å². The summed E-state index contributed by atoms with van der Waals surface area (Å²) in [5, 5.41) is 0. The molecule has 0 aliphatic heterocycles. The van der Waals surface area contributed by atoms with E-state index in [4.69, 9.17) is 0 Å². The first-order valence-corrected chi connectivity index (χ1v) is 8.32. The van der Waals surface area contributed by atoms with E-state index < -0.39 is 0 Å². The first-order valence-electron chi connectivity index (χ1n) is 8.32. The normalized spacial score (nSPS) is 10.9. The van der Waals surface area contributed by atoms with E-state index in [-0.39, 0.29) is 0 Å². The van der Waals surface area contributed by atoms with Crippen LogP contribution in [0.5, 0.6) is 0 Å². The molecule has 0 aliphatic carbocycles. The molecule has 0 amide bonds. The zero-order valence-corrected chi connectivity index (χ0v) is 13.8. The molecule has 3 heterocycles. The highest BCUT2D eigenvalue weighted by Crippen LogP contribution is 2.09. The van der Waals surface area contributed by atoms with E-state index in [9.17, 15) is 0 Å². The highest BCUT2D eigenvalue weighted by atomic mass is 15.1. The van der Waals surface area contributed by atoms with Gasteiger partial charge in [0.1, 0.15) is 0 Å². The van der Waals surface area contributed by atoms with Gasteiger partial charge in [0.15, 0.2) is 0 Å². The Balaban J connectivity index is 1.60. The largest absolute Gasteiger partial charge is 0.292 e. The van der Waals surface area contributed by atoms with Gasteiger partial charge in [-0.05, 0) is 55.8 Å². The quantitative estimate of drug-likeness (QED) is 0.637. The summed E-state index contributed by atoms with van der Waals surface area (Å²) in [7, 11) is 0. The molecule has 0 atom stereocenters. The molecule has 0 bridgehead atoms. The Labute approximate surface area is 143 Å². The average Bonchev–Trinajstić information content (AvgIpc) is 2.64. The summed E-state index contributed by atoms with van der Waals surface area (Å²) < 4.78 is 0. The Hall–Kier alpha value is -2.59. The molecule has 0 unspecified atom stereocenters. The highest BCUT2D eigenvalue weighted by Gasteiger charge is 2.09. The monoisotopic (exact) mass is 318 g/mol. The first kappa shape index (κ1) is 16.3. The van der Waals surface area contributed by atoms with Crippen LogP contribution in [0.3, 0.4) is 0 Å². The van der Waals surface area contributed by atoms with Crippen LogP contribution in [0.4, 0.5) is 0 Å².